The molecule has 4 rings (SSSR count). The lowest BCUT2D eigenvalue weighted by atomic mass is 10.2. The van der Waals surface area contributed by atoms with Gasteiger partial charge in [-0.05, 0) is 67.1 Å². The summed E-state index contributed by atoms with van der Waals surface area (Å²) < 4.78 is 0. The highest BCUT2D eigenvalue weighted by Crippen LogP contribution is 2.69. The minimum atomic E-state index is -1.11. The van der Waals surface area contributed by atoms with Gasteiger partial charge in [-0.1, -0.05) is 75.7 Å². The average Bonchev–Trinajstić information content (AvgIpc) is 3.40. The van der Waals surface area contributed by atoms with Crippen LogP contribution in [0.3, 0.4) is 0 Å². The molecule has 3 saturated carbocycles. The highest BCUT2D eigenvalue weighted by atomic mass is 31.2. The molecule has 1 aromatic rings. The fourth-order valence-electron chi connectivity index (χ4n) is 5.94. The fraction of sp³-hybridized carbons (Fsp3) is 0.652. The third kappa shape index (κ3) is 3.21. The molecule has 3 aliphatic carbocycles. The monoisotopic (exact) mass is 340 g/mol. The van der Waals surface area contributed by atoms with Gasteiger partial charge < -0.3 is 0 Å². The molecule has 0 aliphatic heterocycles. The first-order chi connectivity index (χ1) is 11.9. The molecule has 1 heteroatoms. The van der Waals surface area contributed by atoms with Crippen LogP contribution in [0.5, 0.6) is 0 Å². The molecule has 24 heavy (non-hydrogen) atoms. The van der Waals surface area contributed by atoms with Crippen LogP contribution in [0.4, 0.5) is 0 Å². The van der Waals surface area contributed by atoms with Crippen molar-refractivity contribution in [3.05, 3.63) is 35.9 Å². The van der Waals surface area contributed by atoms with E-state index in [1.807, 2.05) is 0 Å². The zero-order valence-electron chi connectivity index (χ0n) is 15.1. The van der Waals surface area contributed by atoms with Crippen LogP contribution in [0.2, 0.25) is 0 Å². The molecule has 0 amide bonds. The molecule has 3 aliphatic rings. The van der Waals surface area contributed by atoms with E-state index in [-0.39, 0.29) is 0 Å². The lowest BCUT2D eigenvalue weighted by Crippen LogP contribution is -2.23. The maximum atomic E-state index is 4.26. The van der Waals surface area contributed by atoms with Crippen molar-refractivity contribution in [3.63, 3.8) is 0 Å². The van der Waals surface area contributed by atoms with Crippen molar-refractivity contribution < 1.29 is 0 Å². The van der Waals surface area contributed by atoms with E-state index < -0.39 is 6.89 Å². The Kier molecular flexibility index (Phi) is 5.36. The number of benzene rings is 1. The van der Waals surface area contributed by atoms with Gasteiger partial charge in [-0.25, -0.2) is 0 Å². The predicted molar refractivity (Wildman–Crippen MR) is 110 cm³/mol. The molecule has 0 nitrogen and oxygen atoms in total. The van der Waals surface area contributed by atoms with Crippen molar-refractivity contribution in [2.75, 3.05) is 0 Å². The molecule has 0 N–H and O–H groups in total. The van der Waals surface area contributed by atoms with Crippen molar-refractivity contribution in [2.45, 2.75) is 94.0 Å². The molecule has 0 radical (unpaired) electrons. The first-order valence-electron chi connectivity index (χ1n) is 10.4. The van der Waals surface area contributed by atoms with E-state index in [9.17, 15) is 0 Å². The lowest BCUT2D eigenvalue weighted by molar-refractivity contribution is 0.771. The third-order valence-electron chi connectivity index (χ3n) is 7.04. The number of rotatable bonds is 4. The van der Waals surface area contributed by atoms with Gasteiger partial charge in [0, 0.05) is 0 Å². The highest BCUT2D eigenvalue weighted by molar-refractivity contribution is 7.76. The van der Waals surface area contributed by atoms with Crippen LogP contribution in [0.25, 0.3) is 6.08 Å². The van der Waals surface area contributed by atoms with Gasteiger partial charge in [0.25, 0.3) is 0 Å². The Morgan fingerprint density at radius 2 is 1.08 bits per heavy atom. The first-order valence-corrected chi connectivity index (χ1v) is 12.4. The summed E-state index contributed by atoms with van der Waals surface area (Å²) in [6, 6.07) is 11.0. The Bertz CT molecular complexity index is 557. The normalized spacial score (nSPS) is 23.7. The van der Waals surface area contributed by atoms with Crippen molar-refractivity contribution in [1.82, 2.24) is 0 Å². The summed E-state index contributed by atoms with van der Waals surface area (Å²) in [5, 5.41) is 0. The van der Waals surface area contributed by atoms with Gasteiger partial charge >= 0.3 is 0 Å². The molecule has 0 bridgehead atoms. The fourth-order valence-corrected chi connectivity index (χ4v) is 12.4. The van der Waals surface area contributed by atoms with Gasteiger partial charge in [0.15, 0.2) is 0 Å². The van der Waals surface area contributed by atoms with Gasteiger partial charge in [0.2, 0.25) is 0 Å². The summed E-state index contributed by atoms with van der Waals surface area (Å²) in [4.78, 5) is 0. The summed E-state index contributed by atoms with van der Waals surface area (Å²) in [7, 11) is 0. The maximum absolute atomic E-state index is 4.26. The van der Waals surface area contributed by atoms with Gasteiger partial charge in [-0.2, -0.15) is 0 Å². The minimum Gasteiger partial charge on any atom is -0.125 e. The molecule has 0 atom stereocenters. The molecule has 1 aromatic carbocycles. The lowest BCUT2D eigenvalue weighted by Gasteiger charge is -2.41. The highest BCUT2D eigenvalue weighted by Gasteiger charge is 2.44. The minimum absolute atomic E-state index is 1.02. The van der Waals surface area contributed by atoms with Crippen LogP contribution in [0.1, 0.15) is 82.6 Å². The molecule has 0 heterocycles. The van der Waals surface area contributed by atoms with E-state index in [0.717, 1.165) is 17.0 Å². The Hall–Kier alpha value is -0.700. The van der Waals surface area contributed by atoms with Gasteiger partial charge in [0.1, 0.15) is 0 Å². The Balaban J connectivity index is 1.83. The first kappa shape index (κ1) is 16.8. The summed E-state index contributed by atoms with van der Waals surface area (Å²) in [5.74, 6) is 0. The van der Waals surface area contributed by atoms with E-state index in [4.69, 9.17) is 0 Å². The van der Waals surface area contributed by atoms with Crippen LogP contribution in [0, 0.1) is 0 Å². The summed E-state index contributed by atoms with van der Waals surface area (Å²) in [5.41, 5.74) is 8.68. The van der Waals surface area contributed by atoms with Crippen LogP contribution in [-0.4, -0.2) is 22.4 Å². The summed E-state index contributed by atoms with van der Waals surface area (Å²) >= 11 is 0. The Morgan fingerprint density at radius 1 is 0.667 bits per heavy atom. The topological polar surface area (TPSA) is 0 Å². The second-order valence-electron chi connectivity index (χ2n) is 8.33. The van der Waals surface area contributed by atoms with E-state index in [0.29, 0.717) is 0 Å². The molecular weight excluding hydrogens is 307 g/mol. The zero-order chi connectivity index (χ0) is 16.2. The molecule has 130 valence electrons. The number of hydrogen-bond donors (Lipinski definition) is 0. The predicted octanol–water partition coefficient (Wildman–Crippen LogP) is 6.95. The van der Waals surface area contributed by atoms with Crippen molar-refractivity contribution in [3.8, 4) is 0 Å². The van der Waals surface area contributed by atoms with Crippen molar-refractivity contribution in [2.24, 2.45) is 0 Å². The van der Waals surface area contributed by atoms with Gasteiger partial charge in [0.05, 0.1) is 0 Å². The number of hydrogen-bond acceptors (Lipinski definition) is 0. The second-order valence-corrected chi connectivity index (χ2v) is 12.5. The Labute approximate surface area is 148 Å². The Morgan fingerprint density at radius 3 is 1.50 bits per heavy atom. The van der Waals surface area contributed by atoms with Crippen molar-refractivity contribution in [1.29, 1.82) is 0 Å². The third-order valence-corrected chi connectivity index (χ3v) is 12.8. The molecule has 3 fully saturated rings. The van der Waals surface area contributed by atoms with Gasteiger partial charge in [-0.3, -0.25) is 0 Å². The zero-order valence-corrected chi connectivity index (χ0v) is 16.0. The van der Waals surface area contributed by atoms with E-state index in [1.165, 1.54) is 82.6 Å². The summed E-state index contributed by atoms with van der Waals surface area (Å²) in [6.45, 7) is -1.11. The largest absolute Gasteiger partial charge is 0.125 e. The average molecular weight is 340 g/mol. The van der Waals surface area contributed by atoms with E-state index >= 15 is 0 Å². The van der Waals surface area contributed by atoms with Crippen LogP contribution in [0.15, 0.2) is 30.3 Å². The smallest absolute Gasteiger partial charge is 0.0132 e. The van der Waals surface area contributed by atoms with Crippen molar-refractivity contribution >= 4 is 18.4 Å². The maximum Gasteiger partial charge on any atom is -0.0132 e. The van der Waals surface area contributed by atoms with Crippen LogP contribution in [-0.2, 0) is 0 Å². The standard InChI is InChI=1S/C23H33P/c1-2-10-20(11-3-1)18-19-24(21-12-4-5-13-21,22-14-6-7-15-22)23-16-8-9-17-23/h1-3,10-11,18,21-23H,4-9,12-17H2. The van der Waals surface area contributed by atoms with E-state index in [2.05, 4.69) is 41.9 Å². The molecule has 0 spiro atoms. The van der Waals surface area contributed by atoms with Crippen LogP contribution < -0.4 is 0 Å². The molecule has 0 saturated heterocycles. The van der Waals surface area contributed by atoms with Crippen LogP contribution >= 0.6 is 6.89 Å². The molecule has 0 aromatic heterocycles. The van der Waals surface area contributed by atoms with E-state index in [1.54, 1.807) is 0 Å². The van der Waals surface area contributed by atoms with Gasteiger partial charge in [-0.15, -0.1) is 5.45 Å². The molecular formula is C23H33P. The molecule has 0 unspecified atom stereocenters. The quantitative estimate of drug-likeness (QED) is 0.520. The SMILES string of the molecule is C(=Cc1ccccc1)=P(C1CCCC1)(C1CCCC1)C1CCCC1. The second kappa shape index (κ2) is 7.68. The summed E-state index contributed by atoms with van der Waals surface area (Å²) in [6.07, 6.45) is 20.4.